The summed E-state index contributed by atoms with van der Waals surface area (Å²) in [6.45, 7) is 11.6. The van der Waals surface area contributed by atoms with Crippen LogP contribution in [-0.4, -0.2) is 48.8 Å². The number of hydrogen-bond acceptors (Lipinski definition) is 3. The average molecular weight is 242 g/mol. The van der Waals surface area contributed by atoms with E-state index >= 15 is 0 Å². The summed E-state index contributed by atoms with van der Waals surface area (Å²) in [5, 5.41) is 13.3. The lowest BCUT2D eigenvalue weighted by Crippen LogP contribution is -2.39. The molecule has 0 aromatic carbocycles. The fourth-order valence-corrected chi connectivity index (χ4v) is 2.41. The number of rotatable bonds is 6. The fraction of sp³-hybridized carbons (Fsp3) is 1.00. The molecule has 1 heterocycles. The molecule has 0 amide bonds. The van der Waals surface area contributed by atoms with Crippen molar-refractivity contribution in [2.75, 3.05) is 32.7 Å². The van der Waals surface area contributed by atoms with E-state index < -0.39 is 0 Å². The van der Waals surface area contributed by atoms with Crippen molar-refractivity contribution in [3.8, 4) is 0 Å². The zero-order chi connectivity index (χ0) is 12.7. The second-order valence-corrected chi connectivity index (χ2v) is 6.04. The Bertz CT molecular complexity index is 197. The summed E-state index contributed by atoms with van der Waals surface area (Å²) < 4.78 is 0. The highest BCUT2D eigenvalue weighted by Gasteiger charge is 2.16. The van der Waals surface area contributed by atoms with E-state index in [1.807, 2.05) is 0 Å². The number of likely N-dealkylation sites (tertiary alicyclic amines) is 1. The molecular weight excluding hydrogens is 212 g/mol. The molecule has 3 nitrogen and oxygen atoms in total. The smallest absolute Gasteiger partial charge is 0.0791 e. The van der Waals surface area contributed by atoms with E-state index in [9.17, 15) is 5.11 Å². The van der Waals surface area contributed by atoms with E-state index in [4.69, 9.17) is 0 Å². The maximum absolute atomic E-state index is 9.97. The topological polar surface area (TPSA) is 35.5 Å². The Balaban J connectivity index is 2.14. The van der Waals surface area contributed by atoms with E-state index in [-0.39, 0.29) is 6.10 Å². The number of β-amino-alcohol motifs (C(OH)–C–C–N with tert-alkyl or cyclic N) is 1. The SMILES string of the molecule is CC(C)CNCC(O)CN1CCCC(C)CC1. The third-order valence-electron chi connectivity index (χ3n) is 3.51. The molecular formula is C14H30N2O. The molecule has 1 aliphatic rings. The van der Waals surface area contributed by atoms with Crippen LogP contribution in [0.5, 0.6) is 0 Å². The number of aliphatic hydroxyl groups is 1. The lowest BCUT2D eigenvalue weighted by molar-refractivity contribution is 0.112. The molecule has 0 radical (unpaired) electrons. The summed E-state index contributed by atoms with van der Waals surface area (Å²) in [6.07, 6.45) is 3.69. The Morgan fingerprint density at radius 2 is 2.00 bits per heavy atom. The van der Waals surface area contributed by atoms with Crippen LogP contribution in [0.3, 0.4) is 0 Å². The van der Waals surface area contributed by atoms with Gasteiger partial charge in [0.1, 0.15) is 0 Å². The van der Waals surface area contributed by atoms with Crippen LogP contribution in [0.25, 0.3) is 0 Å². The molecule has 2 unspecified atom stereocenters. The highest BCUT2D eigenvalue weighted by molar-refractivity contribution is 4.71. The number of nitrogens with zero attached hydrogens (tertiary/aromatic N) is 1. The summed E-state index contributed by atoms with van der Waals surface area (Å²) in [6, 6.07) is 0. The van der Waals surface area contributed by atoms with Gasteiger partial charge in [0, 0.05) is 13.1 Å². The fourth-order valence-electron chi connectivity index (χ4n) is 2.41. The number of hydrogen-bond donors (Lipinski definition) is 2. The van der Waals surface area contributed by atoms with Crippen LogP contribution in [0.15, 0.2) is 0 Å². The predicted octanol–water partition coefficient (Wildman–Crippen LogP) is 1.71. The second kappa shape index (κ2) is 8.06. The predicted molar refractivity (Wildman–Crippen MR) is 73.2 cm³/mol. The van der Waals surface area contributed by atoms with Crippen LogP contribution >= 0.6 is 0 Å². The van der Waals surface area contributed by atoms with Crippen LogP contribution in [0.1, 0.15) is 40.0 Å². The van der Waals surface area contributed by atoms with E-state index in [1.165, 1.54) is 19.3 Å². The van der Waals surface area contributed by atoms with Crippen molar-refractivity contribution in [1.82, 2.24) is 10.2 Å². The molecule has 0 saturated carbocycles. The minimum absolute atomic E-state index is 0.220. The van der Waals surface area contributed by atoms with Crippen molar-refractivity contribution < 1.29 is 5.11 Å². The van der Waals surface area contributed by atoms with Crippen LogP contribution in [0.2, 0.25) is 0 Å². The van der Waals surface area contributed by atoms with Crippen LogP contribution in [0, 0.1) is 11.8 Å². The quantitative estimate of drug-likeness (QED) is 0.744. The van der Waals surface area contributed by atoms with Gasteiger partial charge in [-0.15, -0.1) is 0 Å². The zero-order valence-corrected chi connectivity index (χ0v) is 11.8. The first-order valence-electron chi connectivity index (χ1n) is 7.19. The van der Waals surface area contributed by atoms with Crippen LogP contribution in [0.4, 0.5) is 0 Å². The number of nitrogens with one attached hydrogen (secondary N) is 1. The van der Waals surface area contributed by atoms with Crippen LogP contribution < -0.4 is 5.32 Å². The summed E-state index contributed by atoms with van der Waals surface area (Å²) in [7, 11) is 0. The Labute approximate surface area is 107 Å². The first kappa shape index (κ1) is 14.9. The van der Waals surface area contributed by atoms with Gasteiger partial charge >= 0.3 is 0 Å². The van der Waals surface area contributed by atoms with Gasteiger partial charge in [0.15, 0.2) is 0 Å². The van der Waals surface area contributed by atoms with Gasteiger partial charge in [0.25, 0.3) is 0 Å². The Hall–Kier alpha value is -0.120. The molecule has 0 aromatic rings. The lowest BCUT2D eigenvalue weighted by atomic mass is 10.0. The van der Waals surface area contributed by atoms with Crippen molar-refractivity contribution in [1.29, 1.82) is 0 Å². The van der Waals surface area contributed by atoms with Gasteiger partial charge in [-0.3, -0.25) is 0 Å². The third kappa shape index (κ3) is 7.02. The summed E-state index contributed by atoms with van der Waals surface area (Å²) >= 11 is 0. The van der Waals surface area contributed by atoms with E-state index in [0.29, 0.717) is 5.92 Å². The van der Waals surface area contributed by atoms with E-state index in [2.05, 4.69) is 31.0 Å². The molecule has 2 N–H and O–H groups in total. The average Bonchev–Trinajstić information content (AvgIpc) is 2.43. The molecule has 3 heteroatoms. The largest absolute Gasteiger partial charge is 0.390 e. The molecule has 0 aliphatic carbocycles. The second-order valence-electron chi connectivity index (χ2n) is 6.04. The Morgan fingerprint density at radius 3 is 2.71 bits per heavy atom. The molecule has 1 rings (SSSR count). The lowest BCUT2D eigenvalue weighted by Gasteiger charge is -2.23. The third-order valence-corrected chi connectivity index (χ3v) is 3.51. The maximum Gasteiger partial charge on any atom is 0.0791 e. The minimum Gasteiger partial charge on any atom is -0.390 e. The minimum atomic E-state index is -0.220. The van der Waals surface area contributed by atoms with Gasteiger partial charge in [0.05, 0.1) is 6.10 Å². The van der Waals surface area contributed by atoms with Crippen molar-refractivity contribution in [2.24, 2.45) is 11.8 Å². The normalized spacial score (nSPS) is 24.9. The molecule has 1 saturated heterocycles. The van der Waals surface area contributed by atoms with Crippen molar-refractivity contribution in [3.05, 3.63) is 0 Å². The van der Waals surface area contributed by atoms with Gasteiger partial charge in [0.2, 0.25) is 0 Å². The van der Waals surface area contributed by atoms with Crippen molar-refractivity contribution in [3.63, 3.8) is 0 Å². The highest BCUT2D eigenvalue weighted by Crippen LogP contribution is 2.16. The van der Waals surface area contributed by atoms with Crippen LogP contribution in [-0.2, 0) is 0 Å². The van der Waals surface area contributed by atoms with Gasteiger partial charge in [-0.1, -0.05) is 20.8 Å². The summed E-state index contributed by atoms with van der Waals surface area (Å²) in [5.74, 6) is 1.51. The maximum atomic E-state index is 9.97. The monoisotopic (exact) mass is 242 g/mol. The standard InChI is InChI=1S/C14H30N2O/c1-12(2)9-15-10-14(17)11-16-7-4-5-13(3)6-8-16/h12-15,17H,4-11H2,1-3H3. The van der Waals surface area contributed by atoms with Gasteiger partial charge in [-0.25, -0.2) is 0 Å². The van der Waals surface area contributed by atoms with E-state index in [1.54, 1.807) is 0 Å². The highest BCUT2D eigenvalue weighted by atomic mass is 16.3. The molecule has 0 spiro atoms. The summed E-state index contributed by atoms with van der Waals surface area (Å²) in [4.78, 5) is 2.42. The molecule has 0 aromatic heterocycles. The van der Waals surface area contributed by atoms with Gasteiger partial charge < -0.3 is 15.3 Å². The molecule has 1 aliphatic heterocycles. The summed E-state index contributed by atoms with van der Waals surface area (Å²) in [5.41, 5.74) is 0. The molecule has 17 heavy (non-hydrogen) atoms. The Kier molecular flexibility index (Phi) is 7.09. The molecule has 2 atom stereocenters. The molecule has 102 valence electrons. The molecule has 0 bridgehead atoms. The van der Waals surface area contributed by atoms with E-state index in [0.717, 1.165) is 38.6 Å². The first-order chi connectivity index (χ1) is 8.08. The zero-order valence-electron chi connectivity index (χ0n) is 11.8. The first-order valence-corrected chi connectivity index (χ1v) is 7.19. The van der Waals surface area contributed by atoms with Crippen molar-refractivity contribution >= 4 is 0 Å². The molecule has 1 fully saturated rings. The van der Waals surface area contributed by atoms with Gasteiger partial charge in [-0.05, 0) is 50.7 Å². The van der Waals surface area contributed by atoms with Crippen molar-refractivity contribution in [2.45, 2.75) is 46.1 Å². The number of aliphatic hydroxyl groups excluding tert-OH is 1. The Morgan fingerprint density at radius 1 is 1.24 bits per heavy atom. The van der Waals surface area contributed by atoms with Gasteiger partial charge in [-0.2, -0.15) is 0 Å².